The molecule has 0 aliphatic carbocycles. The second-order valence-electron chi connectivity index (χ2n) is 7.99. The van der Waals surface area contributed by atoms with Crippen LogP contribution < -0.4 is 10.2 Å². The van der Waals surface area contributed by atoms with Crippen LogP contribution in [0.4, 0.5) is 5.82 Å². The van der Waals surface area contributed by atoms with Crippen molar-refractivity contribution < 1.29 is 9.59 Å². The average molecular weight is 430 g/mol. The second kappa shape index (κ2) is 9.18. The van der Waals surface area contributed by atoms with Crippen LogP contribution in [0.1, 0.15) is 52.4 Å². The molecule has 4 rings (SSSR count). The van der Waals surface area contributed by atoms with Gasteiger partial charge in [-0.3, -0.25) is 14.5 Å². The van der Waals surface area contributed by atoms with Gasteiger partial charge in [0.1, 0.15) is 5.82 Å². The summed E-state index contributed by atoms with van der Waals surface area (Å²) < 4.78 is 1.98. The number of aryl methyl sites for hydroxylation is 1. The second-order valence-corrected chi connectivity index (χ2v) is 8.42. The summed E-state index contributed by atoms with van der Waals surface area (Å²) in [5, 5.41) is 3.54. The Bertz CT molecular complexity index is 936. The first-order chi connectivity index (χ1) is 14.5. The molecule has 0 spiro atoms. The number of fused-ring (bicyclic) bond motifs is 1. The number of rotatable bonds is 6. The zero-order valence-corrected chi connectivity index (χ0v) is 18.1. The first-order valence-electron chi connectivity index (χ1n) is 10.7. The van der Waals surface area contributed by atoms with E-state index in [1.165, 1.54) is 17.7 Å². The minimum absolute atomic E-state index is 0.171. The van der Waals surface area contributed by atoms with Gasteiger partial charge in [-0.25, -0.2) is 4.98 Å². The lowest BCUT2D eigenvalue weighted by Gasteiger charge is -2.20. The van der Waals surface area contributed by atoms with Gasteiger partial charge in [-0.15, -0.1) is 0 Å². The summed E-state index contributed by atoms with van der Waals surface area (Å²) in [5.41, 5.74) is 0.945. The molecule has 0 radical (unpaired) electrons. The summed E-state index contributed by atoms with van der Waals surface area (Å²) >= 11 is 6.06. The van der Waals surface area contributed by atoms with Gasteiger partial charge in [-0.05, 0) is 57.0 Å². The normalized spacial score (nSPS) is 16.3. The van der Waals surface area contributed by atoms with Crippen LogP contribution in [0.3, 0.4) is 0 Å². The summed E-state index contributed by atoms with van der Waals surface area (Å²) in [6.45, 7) is 4.38. The van der Waals surface area contributed by atoms with Gasteiger partial charge in [0.05, 0.1) is 0 Å². The average Bonchev–Trinajstić information content (AvgIpc) is 3.40. The SMILES string of the molecule is CN(C(=O)c1cccc(Cl)c1)c1nc2n(c1C(=O)NCCN1CCCC1)CCCC2. The number of benzene rings is 1. The lowest BCUT2D eigenvalue weighted by atomic mass is 10.1. The minimum Gasteiger partial charge on any atom is -0.349 e. The van der Waals surface area contributed by atoms with Gasteiger partial charge in [-0.2, -0.15) is 0 Å². The molecule has 2 aliphatic heterocycles. The van der Waals surface area contributed by atoms with Gasteiger partial charge in [0, 0.05) is 43.7 Å². The molecule has 8 heteroatoms. The van der Waals surface area contributed by atoms with Crippen LogP contribution in [0.25, 0.3) is 0 Å². The number of carbonyl (C=O) groups is 2. The number of nitrogens with zero attached hydrogens (tertiary/aromatic N) is 4. The quantitative estimate of drug-likeness (QED) is 0.766. The maximum Gasteiger partial charge on any atom is 0.271 e. The van der Waals surface area contributed by atoms with Crippen molar-refractivity contribution >= 4 is 29.2 Å². The van der Waals surface area contributed by atoms with Crippen molar-refractivity contribution in [1.82, 2.24) is 19.8 Å². The molecule has 2 aliphatic rings. The highest BCUT2D eigenvalue weighted by molar-refractivity contribution is 6.31. The van der Waals surface area contributed by atoms with Gasteiger partial charge in [0.2, 0.25) is 0 Å². The molecule has 7 nitrogen and oxygen atoms in total. The number of aromatic nitrogens is 2. The van der Waals surface area contributed by atoms with E-state index in [9.17, 15) is 9.59 Å². The fraction of sp³-hybridized carbons (Fsp3) is 0.500. The standard InChI is InChI=1S/C22H28ClN5O2/c1-26(22(30)16-7-6-8-17(23)15-16)20-19(28-13-3-2-9-18(28)25-20)21(29)24-10-14-27-11-4-5-12-27/h6-8,15H,2-5,9-14H2,1H3,(H,24,29). The Morgan fingerprint density at radius 2 is 1.93 bits per heavy atom. The minimum atomic E-state index is -0.237. The van der Waals surface area contributed by atoms with Crippen LogP contribution in [0.5, 0.6) is 0 Å². The molecule has 1 saturated heterocycles. The molecule has 3 heterocycles. The number of likely N-dealkylation sites (tertiary alicyclic amines) is 1. The Hall–Kier alpha value is -2.38. The highest BCUT2D eigenvalue weighted by atomic mass is 35.5. The van der Waals surface area contributed by atoms with E-state index in [1.807, 2.05) is 4.57 Å². The smallest absolute Gasteiger partial charge is 0.271 e. The molecule has 0 unspecified atom stereocenters. The van der Waals surface area contributed by atoms with Gasteiger partial charge >= 0.3 is 0 Å². The molecule has 1 aromatic carbocycles. The number of nitrogens with one attached hydrogen (secondary N) is 1. The summed E-state index contributed by atoms with van der Waals surface area (Å²) in [4.78, 5) is 34.7. The molecule has 2 aromatic rings. The van der Waals surface area contributed by atoms with E-state index in [0.29, 0.717) is 28.6 Å². The van der Waals surface area contributed by atoms with E-state index in [1.54, 1.807) is 31.3 Å². The fourth-order valence-corrected chi connectivity index (χ4v) is 4.45. The van der Waals surface area contributed by atoms with Crippen LogP contribution >= 0.6 is 11.6 Å². The predicted molar refractivity (Wildman–Crippen MR) is 117 cm³/mol. The summed E-state index contributed by atoms with van der Waals surface area (Å²) in [6.07, 6.45) is 5.31. The Balaban J connectivity index is 1.56. The molecule has 1 aromatic heterocycles. The first-order valence-corrected chi connectivity index (χ1v) is 11.1. The van der Waals surface area contributed by atoms with Gasteiger partial charge < -0.3 is 14.8 Å². The predicted octanol–water partition coefficient (Wildman–Crippen LogP) is 2.98. The molecule has 0 atom stereocenters. The van der Waals surface area contributed by atoms with E-state index in [-0.39, 0.29) is 11.8 Å². The highest BCUT2D eigenvalue weighted by Gasteiger charge is 2.29. The molecule has 30 heavy (non-hydrogen) atoms. The van der Waals surface area contributed by atoms with Crippen LogP contribution in [-0.2, 0) is 13.0 Å². The maximum absolute atomic E-state index is 13.1. The Morgan fingerprint density at radius 3 is 2.70 bits per heavy atom. The van der Waals surface area contributed by atoms with Crippen molar-refractivity contribution in [3.05, 3.63) is 46.4 Å². The van der Waals surface area contributed by atoms with Crippen molar-refractivity contribution in [2.45, 2.75) is 38.6 Å². The monoisotopic (exact) mass is 429 g/mol. The number of hydrogen-bond acceptors (Lipinski definition) is 4. The number of imidazole rings is 1. The lowest BCUT2D eigenvalue weighted by Crippen LogP contribution is -2.36. The largest absolute Gasteiger partial charge is 0.349 e. The fourth-order valence-electron chi connectivity index (χ4n) is 4.26. The zero-order chi connectivity index (χ0) is 21.1. The molecule has 160 valence electrons. The Labute approximate surface area is 182 Å². The summed E-state index contributed by atoms with van der Waals surface area (Å²) in [5.74, 6) is 0.872. The number of hydrogen-bond donors (Lipinski definition) is 1. The lowest BCUT2D eigenvalue weighted by molar-refractivity contribution is 0.0940. The molecular weight excluding hydrogens is 402 g/mol. The molecule has 2 amide bonds. The van der Waals surface area contributed by atoms with Crippen LogP contribution in [0, 0.1) is 0 Å². The number of halogens is 1. The third-order valence-electron chi connectivity index (χ3n) is 5.88. The van der Waals surface area contributed by atoms with Gasteiger partial charge in [0.25, 0.3) is 11.8 Å². The van der Waals surface area contributed by atoms with E-state index >= 15 is 0 Å². The molecule has 1 fully saturated rings. The van der Waals surface area contributed by atoms with Crippen LogP contribution in [0.15, 0.2) is 24.3 Å². The first kappa shape index (κ1) is 20.9. The Morgan fingerprint density at radius 1 is 1.17 bits per heavy atom. The van der Waals surface area contributed by atoms with Crippen LogP contribution in [0.2, 0.25) is 5.02 Å². The summed E-state index contributed by atoms with van der Waals surface area (Å²) in [6, 6.07) is 6.82. The van der Waals surface area contributed by atoms with E-state index in [0.717, 1.165) is 51.3 Å². The third kappa shape index (κ3) is 4.37. The van der Waals surface area contributed by atoms with Gasteiger partial charge in [0.15, 0.2) is 11.5 Å². The van der Waals surface area contributed by atoms with E-state index in [4.69, 9.17) is 16.6 Å². The number of carbonyl (C=O) groups excluding carboxylic acids is 2. The van der Waals surface area contributed by atoms with E-state index < -0.39 is 0 Å². The number of anilines is 1. The highest BCUT2D eigenvalue weighted by Crippen LogP contribution is 2.27. The summed E-state index contributed by atoms with van der Waals surface area (Å²) in [7, 11) is 1.67. The zero-order valence-electron chi connectivity index (χ0n) is 17.4. The van der Waals surface area contributed by atoms with Crippen molar-refractivity contribution in [2.75, 3.05) is 38.1 Å². The third-order valence-corrected chi connectivity index (χ3v) is 6.12. The van der Waals surface area contributed by atoms with Crippen LogP contribution in [-0.4, -0.2) is 59.5 Å². The Kier molecular flexibility index (Phi) is 6.39. The number of amides is 2. The van der Waals surface area contributed by atoms with Crippen molar-refractivity contribution in [3.8, 4) is 0 Å². The van der Waals surface area contributed by atoms with Crippen molar-refractivity contribution in [1.29, 1.82) is 0 Å². The van der Waals surface area contributed by atoms with E-state index in [2.05, 4.69) is 10.2 Å². The van der Waals surface area contributed by atoms with Crippen molar-refractivity contribution in [2.24, 2.45) is 0 Å². The van der Waals surface area contributed by atoms with Gasteiger partial charge in [-0.1, -0.05) is 17.7 Å². The van der Waals surface area contributed by atoms with Crippen molar-refractivity contribution in [3.63, 3.8) is 0 Å². The molecule has 1 N–H and O–H groups in total. The topological polar surface area (TPSA) is 70.5 Å². The maximum atomic E-state index is 13.1. The molecule has 0 saturated carbocycles. The molecule has 0 bridgehead atoms. The molecular formula is C22H28ClN5O2.